The second-order valence-corrected chi connectivity index (χ2v) is 7.09. The topological polar surface area (TPSA) is 38.5 Å². The van der Waals surface area contributed by atoms with Crippen LogP contribution in [0.4, 0.5) is 0 Å². The minimum Gasteiger partial charge on any atom is -0.490 e. The summed E-state index contributed by atoms with van der Waals surface area (Å²) in [6, 6.07) is 4.22. The Hall–Kier alpha value is -0.190. The lowest BCUT2D eigenvalue weighted by atomic mass is 10.1. The lowest BCUT2D eigenvalue weighted by molar-refractivity contribution is 0.201. The SMILES string of the molecule is Cl.N[C@H]1CCCN(Cc2cc(Cl)c(OCC3CC3)c(Cl)c2)C1. The van der Waals surface area contributed by atoms with Crippen LogP contribution in [-0.4, -0.2) is 30.6 Å². The predicted molar refractivity (Wildman–Crippen MR) is 94.4 cm³/mol. The Kier molecular flexibility index (Phi) is 6.66. The molecule has 0 radical (unpaired) electrons. The van der Waals surface area contributed by atoms with Crippen LogP contribution < -0.4 is 10.5 Å². The second kappa shape index (κ2) is 8.07. The number of ether oxygens (including phenoxy) is 1. The minimum absolute atomic E-state index is 0. The van der Waals surface area contributed by atoms with E-state index in [9.17, 15) is 0 Å². The molecule has 2 N–H and O–H groups in total. The van der Waals surface area contributed by atoms with Gasteiger partial charge in [0.25, 0.3) is 0 Å². The van der Waals surface area contributed by atoms with Crippen molar-refractivity contribution in [3.05, 3.63) is 27.7 Å². The van der Waals surface area contributed by atoms with E-state index >= 15 is 0 Å². The zero-order valence-electron chi connectivity index (χ0n) is 12.6. The summed E-state index contributed by atoms with van der Waals surface area (Å²) < 4.78 is 5.76. The number of piperidine rings is 1. The van der Waals surface area contributed by atoms with E-state index in [4.69, 9.17) is 33.7 Å². The van der Waals surface area contributed by atoms with Crippen molar-refractivity contribution in [2.24, 2.45) is 11.7 Å². The van der Waals surface area contributed by atoms with E-state index in [2.05, 4.69) is 4.90 Å². The van der Waals surface area contributed by atoms with Crippen LogP contribution in [0.15, 0.2) is 12.1 Å². The monoisotopic (exact) mass is 364 g/mol. The van der Waals surface area contributed by atoms with Gasteiger partial charge in [0.05, 0.1) is 16.7 Å². The Morgan fingerprint density at radius 1 is 1.18 bits per heavy atom. The molecule has 0 aromatic heterocycles. The van der Waals surface area contributed by atoms with Crippen molar-refractivity contribution >= 4 is 35.6 Å². The Labute approximate surface area is 148 Å². The average Bonchev–Trinajstić information content (AvgIpc) is 3.22. The van der Waals surface area contributed by atoms with Crippen molar-refractivity contribution < 1.29 is 4.74 Å². The van der Waals surface area contributed by atoms with E-state index in [1.807, 2.05) is 12.1 Å². The van der Waals surface area contributed by atoms with Crippen molar-refractivity contribution in [2.45, 2.75) is 38.3 Å². The van der Waals surface area contributed by atoms with Crippen molar-refractivity contribution in [3.8, 4) is 5.75 Å². The fourth-order valence-corrected chi connectivity index (χ4v) is 3.46. The Morgan fingerprint density at radius 3 is 2.45 bits per heavy atom. The van der Waals surface area contributed by atoms with Crippen molar-refractivity contribution in [3.63, 3.8) is 0 Å². The van der Waals surface area contributed by atoms with Crippen LogP contribution in [-0.2, 0) is 6.54 Å². The number of rotatable bonds is 5. The number of nitrogens with two attached hydrogens (primary N) is 1. The van der Waals surface area contributed by atoms with Crippen LogP contribution in [0.25, 0.3) is 0 Å². The second-order valence-electron chi connectivity index (χ2n) is 6.28. The fourth-order valence-electron chi connectivity index (χ4n) is 2.82. The van der Waals surface area contributed by atoms with Crippen LogP contribution >= 0.6 is 35.6 Å². The van der Waals surface area contributed by atoms with E-state index in [0.29, 0.717) is 21.7 Å². The molecule has 1 saturated carbocycles. The lowest BCUT2D eigenvalue weighted by Gasteiger charge is -2.30. The van der Waals surface area contributed by atoms with Gasteiger partial charge in [-0.15, -0.1) is 12.4 Å². The van der Waals surface area contributed by atoms with Crippen LogP contribution in [0.5, 0.6) is 5.75 Å². The molecular formula is C16H23Cl3N2O. The molecule has 0 spiro atoms. The van der Waals surface area contributed by atoms with E-state index in [1.165, 1.54) is 12.8 Å². The van der Waals surface area contributed by atoms with Gasteiger partial charge in [0.1, 0.15) is 0 Å². The first kappa shape index (κ1) is 18.2. The molecule has 1 aromatic rings. The van der Waals surface area contributed by atoms with Gasteiger partial charge >= 0.3 is 0 Å². The largest absolute Gasteiger partial charge is 0.490 e. The number of likely N-dealkylation sites (tertiary alicyclic amines) is 1. The van der Waals surface area contributed by atoms with Gasteiger partial charge in [-0.3, -0.25) is 4.90 Å². The average molecular weight is 366 g/mol. The molecule has 3 nitrogen and oxygen atoms in total. The summed E-state index contributed by atoms with van der Waals surface area (Å²) in [5, 5.41) is 1.22. The highest BCUT2D eigenvalue weighted by atomic mass is 35.5. The van der Waals surface area contributed by atoms with Gasteiger partial charge in [0.15, 0.2) is 5.75 Å². The van der Waals surface area contributed by atoms with Crippen LogP contribution in [0.1, 0.15) is 31.2 Å². The molecule has 1 saturated heterocycles. The molecule has 1 atom stereocenters. The highest BCUT2D eigenvalue weighted by molar-refractivity contribution is 6.37. The van der Waals surface area contributed by atoms with Gasteiger partial charge < -0.3 is 10.5 Å². The molecule has 1 aromatic carbocycles. The summed E-state index contributed by atoms with van der Waals surface area (Å²) in [6.45, 7) is 3.59. The zero-order valence-corrected chi connectivity index (χ0v) is 14.9. The molecule has 22 heavy (non-hydrogen) atoms. The molecule has 6 heteroatoms. The molecule has 124 valence electrons. The highest BCUT2D eigenvalue weighted by Gasteiger charge is 2.23. The van der Waals surface area contributed by atoms with Crippen molar-refractivity contribution in [1.82, 2.24) is 4.90 Å². The molecule has 2 aliphatic rings. The third-order valence-electron chi connectivity index (χ3n) is 4.17. The Balaban J connectivity index is 0.00000176. The van der Waals surface area contributed by atoms with Gasteiger partial charge in [-0.1, -0.05) is 23.2 Å². The molecular weight excluding hydrogens is 343 g/mol. The fraction of sp³-hybridized carbons (Fsp3) is 0.625. The normalized spacial score (nSPS) is 22.2. The maximum absolute atomic E-state index is 6.33. The number of halogens is 3. The van der Waals surface area contributed by atoms with Crippen LogP contribution in [0, 0.1) is 5.92 Å². The van der Waals surface area contributed by atoms with Gasteiger partial charge in [-0.05, 0) is 55.8 Å². The molecule has 0 unspecified atom stereocenters. The molecule has 1 aliphatic heterocycles. The number of nitrogens with zero attached hydrogens (tertiary/aromatic N) is 1. The standard InChI is InChI=1S/C16H22Cl2N2O.ClH/c17-14-6-12(8-20-5-1-2-13(19)9-20)7-15(18)16(14)21-10-11-3-4-11;/h6-7,11,13H,1-5,8-10,19H2;1H/t13-;/m0./s1. The van der Waals surface area contributed by atoms with Crippen LogP contribution in [0.3, 0.4) is 0 Å². The van der Waals surface area contributed by atoms with Crippen molar-refractivity contribution in [2.75, 3.05) is 19.7 Å². The van der Waals surface area contributed by atoms with E-state index in [1.54, 1.807) is 0 Å². The van der Waals surface area contributed by atoms with Gasteiger partial charge in [-0.25, -0.2) is 0 Å². The summed E-state index contributed by atoms with van der Waals surface area (Å²) in [6.07, 6.45) is 4.78. The van der Waals surface area contributed by atoms with Gasteiger partial charge in [0, 0.05) is 19.1 Å². The maximum atomic E-state index is 6.33. The molecule has 1 aliphatic carbocycles. The molecule has 3 rings (SSSR count). The first-order chi connectivity index (χ1) is 10.1. The summed E-state index contributed by atoms with van der Waals surface area (Å²) in [7, 11) is 0. The van der Waals surface area contributed by atoms with Gasteiger partial charge in [0.2, 0.25) is 0 Å². The molecule has 0 amide bonds. The van der Waals surface area contributed by atoms with Crippen molar-refractivity contribution in [1.29, 1.82) is 0 Å². The third kappa shape index (κ3) is 4.90. The Morgan fingerprint density at radius 2 is 1.86 bits per heavy atom. The minimum atomic E-state index is 0. The zero-order chi connectivity index (χ0) is 14.8. The van der Waals surface area contributed by atoms with Crippen LogP contribution in [0.2, 0.25) is 10.0 Å². The number of benzene rings is 1. The highest BCUT2D eigenvalue weighted by Crippen LogP contribution is 2.37. The first-order valence-corrected chi connectivity index (χ1v) is 8.46. The summed E-state index contributed by atoms with van der Waals surface area (Å²) in [5.74, 6) is 1.32. The predicted octanol–water partition coefficient (Wildman–Crippen LogP) is 4.13. The van der Waals surface area contributed by atoms with E-state index in [-0.39, 0.29) is 18.4 Å². The van der Waals surface area contributed by atoms with Gasteiger partial charge in [-0.2, -0.15) is 0 Å². The molecule has 0 bridgehead atoms. The summed E-state index contributed by atoms with van der Waals surface area (Å²) >= 11 is 12.7. The molecule has 2 fully saturated rings. The quantitative estimate of drug-likeness (QED) is 0.852. The lowest BCUT2D eigenvalue weighted by Crippen LogP contribution is -2.42. The maximum Gasteiger partial charge on any atom is 0.156 e. The smallest absolute Gasteiger partial charge is 0.156 e. The summed E-state index contributed by atoms with van der Waals surface area (Å²) in [4.78, 5) is 2.36. The third-order valence-corrected chi connectivity index (χ3v) is 4.73. The number of hydrogen-bond donors (Lipinski definition) is 1. The molecule has 1 heterocycles. The Bertz CT molecular complexity index is 485. The summed E-state index contributed by atoms with van der Waals surface area (Å²) in [5.41, 5.74) is 7.15. The van der Waals surface area contributed by atoms with E-state index in [0.717, 1.165) is 44.6 Å². The number of hydrogen-bond acceptors (Lipinski definition) is 3. The first-order valence-electron chi connectivity index (χ1n) is 7.70. The van der Waals surface area contributed by atoms with E-state index < -0.39 is 0 Å².